The van der Waals surface area contributed by atoms with Gasteiger partial charge in [0.25, 0.3) is 0 Å². The van der Waals surface area contributed by atoms with Crippen molar-refractivity contribution in [3.8, 4) is 0 Å². The Kier molecular flexibility index (Phi) is 5.19. The largest absolute Gasteiger partial charge is 0.391 e. The highest BCUT2D eigenvalue weighted by atomic mass is 16.3. The van der Waals surface area contributed by atoms with Crippen LogP contribution in [-0.2, 0) is 24.7 Å². The second kappa shape index (κ2) is 7.53. The number of carbonyl (C=O) groups is 1. The molecule has 1 aromatic heterocycles. The Labute approximate surface area is 148 Å². The van der Waals surface area contributed by atoms with Crippen LogP contribution in [0.25, 0.3) is 10.9 Å². The van der Waals surface area contributed by atoms with E-state index in [-0.39, 0.29) is 11.9 Å². The van der Waals surface area contributed by atoms with Crippen molar-refractivity contribution in [1.82, 2.24) is 9.88 Å². The van der Waals surface area contributed by atoms with Crippen molar-refractivity contribution >= 4 is 16.8 Å². The Balaban J connectivity index is 1.61. The summed E-state index contributed by atoms with van der Waals surface area (Å²) in [6.45, 7) is 1.84. The molecule has 0 radical (unpaired) electrons. The average Bonchev–Trinajstić information content (AvgIpc) is 2.92. The van der Waals surface area contributed by atoms with E-state index in [4.69, 9.17) is 0 Å². The Hall–Kier alpha value is -2.59. The van der Waals surface area contributed by atoms with Crippen molar-refractivity contribution in [1.29, 1.82) is 0 Å². The van der Waals surface area contributed by atoms with Gasteiger partial charge in [0.15, 0.2) is 0 Å². The van der Waals surface area contributed by atoms with Gasteiger partial charge in [-0.25, -0.2) is 0 Å². The van der Waals surface area contributed by atoms with Gasteiger partial charge in [-0.3, -0.25) is 4.79 Å². The maximum Gasteiger partial charge on any atom is 0.224 e. The number of aliphatic hydroxyl groups excluding tert-OH is 1. The van der Waals surface area contributed by atoms with Crippen molar-refractivity contribution in [2.24, 2.45) is 7.05 Å². The second-order valence-corrected chi connectivity index (χ2v) is 6.57. The maximum absolute atomic E-state index is 12.4. The number of benzene rings is 2. The predicted molar refractivity (Wildman–Crippen MR) is 100 cm³/mol. The minimum Gasteiger partial charge on any atom is -0.391 e. The van der Waals surface area contributed by atoms with E-state index in [9.17, 15) is 9.90 Å². The number of carbonyl (C=O) groups excluding carboxylic acids is 1. The Bertz CT molecular complexity index is 855. The van der Waals surface area contributed by atoms with Crippen LogP contribution in [0.3, 0.4) is 0 Å². The third-order valence-electron chi connectivity index (χ3n) is 4.58. The molecule has 2 aromatic carbocycles. The van der Waals surface area contributed by atoms with E-state index in [1.165, 1.54) is 0 Å². The summed E-state index contributed by atoms with van der Waals surface area (Å²) in [6.07, 6.45) is 2.22. The highest BCUT2D eigenvalue weighted by Crippen LogP contribution is 2.20. The van der Waals surface area contributed by atoms with E-state index in [2.05, 4.69) is 5.32 Å². The van der Waals surface area contributed by atoms with E-state index in [1.807, 2.05) is 79.3 Å². The molecule has 130 valence electrons. The lowest BCUT2D eigenvalue weighted by atomic mass is 10.0. The lowest BCUT2D eigenvalue weighted by molar-refractivity contribution is -0.121. The molecule has 0 fully saturated rings. The van der Waals surface area contributed by atoms with Gasteiger partial charge in [-0.2, -0.15) is 0 Å². The van der Waals surface area contributed by atoms with E-state index in [1.54, 1.807) is 0 Å². The fraction of sp³-hybridized carbons (Fsp3) is 0.286. The van der Waals surface area contributed by atoms with Crippen LogP contribution in [0.2, 0.25) is 0 Å². The smallest absolute Gasteiger partial charge is 0.224 e. The summed E-state index contributed by atoms with van der Waals surface area (Å²) in [5.41, 5.74) is 3.17. The molecule has 2 unspecified atom stereocenters. The quantitative estimate of drug-likeness (QED) is 0.727. The number of hydrogen-bond donors (Lipinski definition) is 2. The van der Waals surface area contributed by atoms with Crippen LogP contribution in [0, 0.1) is 0 Å². The van der Waals surface area contributed by atoms with Crippen molar-refractivity contribution in [2.75, 3.05) is 0 Å². The van der Waals surface area contributed by atoms with Gasteiger partial charge in [0.1, 0.15) is 0 Å². The highest BCUT2D eigenvalue weighted by molar-refractivity contribution is 5.89. The summed E-state index contributed by atoms with van der Waals surface area (Å²) < 4.78 is 2.03. The van der Waals surface area contributed by atoms with Crippen molar-refractivity contribution in [3.63, 3.8) is 0 Å². The first-order valence-electron chi connectivity index (χ1n) is 8.59. The number of aliphatic hydroxyl groups is 1. The predicted octanol–water partition coefficient (Wildman–Crippen LogP) is 2.83. The molecule has 0 aliphatic rings. The molecule has 3 rings (SSSR count). The second-order valence-electron chi connectivity index (χ2n) is 6.57. The molecule has 2 N–H and O–H groups in total. The molecule has 0 saturated heterocycles. The summed E-state index contributed by atoms with van der Waals surface area (Å²) >= 11 is 0. The monoisotopic (exact) mass is 336 g/mol. The molecule has 3 aromatic rings. The first kappa shape index (κ1) is 17.2. The summed E-state index contributed by atoms with van der Waals surface area (Å²) in [5.74, 6) is -0.0732. The number of hydrogen-bond acceptors (Lipinski definition) is 2. The third kappa shape index (κ3) is 4.09. The number of fused-ring (bicyclic) bond motifs is 1. The molecule has 1 heterocycles. The molecule has 0 bridgehead atoms. The maximum atomic E-state index is 12.4. The zero-order valence-electron chi connectivity index (χ0n) is 14.6. The van der Waals surface area contributed by atoms with Crippen LogP contribution in [0.1, 0.15) is 18.1 Å². The molecule has 1 amide bonds. The lowest BCUT2D eigenvalue weighted by Crippen LogP contribution is -2.42. The fourth-order valence-electron chi connectivity index (χ4n) is 3.17. The van der Waals surface area contributed by atoms with Crippen LogP contribution in [0.5, 0.6) is 0 Å². The number of nitrogens with zero attached hydrogens (tertiary/aromatic N) is 1. The number of amides is 1. The fourth-order valence-corrected chi connectivity index (χ4v) is 3.17. The van der Waals surface area contributed by atoms with Crippen molar-refractivity contribution < 1.29 is 9.90 Å². The third-order valence-corrected chi connectivity index (χ3v) is 4.58. The molecular formula is C21H24N2O2. The Morgan fingerprint density at radius 2 is 1.80 bits per heavy atom. The number of aryl methyl sites for hydroxylation is 1. The normalized spacial score (nSPS) is 13.6. The zero-order chi connectivity index (χ0) is 17.8. The minimum atomic E-state index is -0.612. The molecule has 25 heavy (non-hydrogen) atoms. The van der Waals surface area contributed by atoms with Crippen LogP contribution in [-0.4, -0.2) is 27.7 Å². The molecule has 0 aliphatic heterocycles. The molecule has 0 saturated carbocycles. The van der Waals surface area contributed by atoms with Gasteiger partial charge in [-0.05, 0) is 24.1 Å². The first-order chi connectivity index (χ1) is 12.0. The SMILES string of the molecule is CC(NC(=O)Cc1cn(C)c2ccccc12)C(O)Cc1ccccc1. The van der Waals surface area contributed by atoms with E-state index in [0.29, 0.717) is 12.8 Å². The van der Waals surface area contributed by atoms with Gasteiger partial charge in [0, 0.05) is 30.6 Å². The Morgan fingerprint density at radius 3 is 2.56 bits per heavy atom. The number of para-hydroxylation sites is 1. The molecule has 0 spiro atoms. The molecule has 0 aliphatic carbocycles. The van der Waals surface area contributed by atoms with Gasteiger partial charge < -0.3 is 15.0 Å². The van der Waals surface area contributed by atoms with Crippen LogP contribution in [0.15, 0.2) is 60.8 Å². The summed E-state index contributed by atoms with van der Waals surface area (Å²) in [7, 11) is 1.98. The first-order valence-corrected chi connectivity index (χ1v) is 8.59. The summed E-state index contributed by atoms with van der Waals surface area (Å²) in [6, 6.07) is 17.6. The van der Waals surface area contributed by atoms with E-state index in [0.717, 1.165) is 22.0 Å². The minimum absolute atomic E-state index is 0.0732. The van der Waals surface area contributed by atoms with Gasteiger partial charge >= 0.3 is 0 Å². The van der Waals surface area contributed by atoms with Gasteiger partial charge in [-0.15, -0.1) is 0 Å². The molecule has 4 nitrogen and oxygen atoms in total. The summed E-state index contributed by atoms with van der Waals surface area (Å²) in [4.78, 5) is 12.4. The average molecular weight is 336 g/mol. The number of rotatable bonds is 6. The van der Waals surface area contributed by atoms with Crippen LogP contribution in [0.4, 0.5) is 0 Å². The van der Waals surface area contributed by atoms with Gasteiger partial charge in [0.2, 0.25) is 5.91 Å². The standard InChI is InChI=1S/C21H24N2O2/c1-15(20(24)12-16-8-4-3-5-9-16)22-21(25)13-17-14-23(2)19-11-7-6-10-18(17)19/h3-11,14-15,20,24H,12-13H2,1-2H3,(H,22,25). The van der Waals surface area contributed by atoms with Crippen LogP contribution < -0.4 is 5.32 Å². The molecular weight excluding hydrogens is 312 g/mol. The number of aromatic nitrogens is 1. The van der Waals surface area contributed by atoms with Crippen molar-refractivity contribution in [2.45, 2.75) is 31.9 Å². The van der Waals surface area contributed by atoms with Gasteiger partial charge in [0.05, 0.1) is 18.6 Å². The van der Waals surface area contributed by atoms with Crippen molar-refractivity contribution in [3.05, 3.63) is 71.9 Å². The van der Waals surface area contributed by atoms with Gasteiger partial charge in [-0.1, -0.05) is 48.5 Å². The highest BCUT2D eigenvalue weighted by Gasteiger charge is 2.18. The lowest BCUT2D eigenvalue weighted by Gasteiger charge is -2.20. The summed E-state index contributed by atoms with van der Waals surface area (Å²) in [5, 5.41) is 14.4. The molecule has 2 atom stereocenters. The van der Waals surface area contributed by atoms with E-state index < -0.39 is 6.10 Å². The van der Waals surface area contributed by atoms with Crippen LogP contribution >= 0.6 is 0 Å². The molecule has 4 heteroatoms. The van der Waals surface area contributed by atoms with E-state index >= 15 is 0 Å². The number of nitrogens with one attached hydrogen (secondary N) is 1. The topological polar surface area (TPSA) is 54.3 Å². The Morgan fingerprint density at radius 1 is 1.12 bits per heavy atom. The zero-order valence-corrected chi connectivity index (χ0v) is 14.6.